The second kappa shape index (κ2) is 7.79. The van der Waals surface area contributed by atoms with Crippen molar-refractivity contribution in [3.05, 3.63) is 29.8 Å². The van der Waals surface area contributed by atoms with Gasteiger partial charge in [-0.2, -0.15) is 0 Å². The Balaban J connectivity index is 2.47. The van der Waals surface area contributed by atoms with E-state index in [-0.39, 0.29) is 18.0 Å². The zero-order valence-electron chi connectivity index (χ0n) is 12.2. The summed E-state index contributed by atoms with van der Waals surface area (Å²) in [7, 11) is 0. The molecule has 0 aromatic heterocycles. The Morgan fingerprint density at radius 2 is 2.05 bits per heavy atom. The van der Waals surface area contributed by atoms with Crippen molar-refractivity contribution in [3.63, 3.8) is 0 Å². The minimum atomic E-state index is -0.210. The van der Waals surface area contributed by atoms with Crippen LogP contribution in [0.25, 0.3) is 0 Å². The predicted molar refractivity (Wildman–Crippen MR) is 77.2 cm³/mol. The van der Waals surface area contributed by atoms with E-state index in [1.807, 2.05) is 52.0 Å². The van der Waals surface area contributed by atoms with Crippen molar-refractivity contribution in [2.24, 2.45) is 0 Å². The van der Waals surface area contributed by atoms with Crippen molar-refractivity contribution < 1.29 is 9.53 Å². The fraction of sp³-hybridized carbons (Fsp3) is 0.533. The molecule has 0 fully saturated rings. The lowest BCUT2D eigenvalue weighted by Gasteiger charge is -2.16. The number of carbonyl (C=O) groups excluding carboxylic acids is 1. The van der Waals surface area contributed by atoms with Crippen LogP contribution in [0.2, 0.25) is 0 Å². The van der Waals surface area contributed by atoms with Gasteiger partial charge >= 0.3 is 0 Å². The first kappa shape index (κ1) is 15.5. The normalized spacial score (nSPS) is 12.3. The Morgan fingerprint density at radius 1 is 1.32 bits per heavy atom. The Kier molecular flexibility index (Phi) is 6.36. The largest absolute Gasteiger partial charge is 0.494 e. The highest BCUT2D eigenvalue weighted by Crippen LogP contribution is 2.13. The first-order valence-electron chi connectivity index (χ1n) is 6.78. The van der Waals surface area contributed by atoms with Crippen LogP contribution in [-0.2, 0) is 11.3 Å². The van der Waals surface area contributed by atoms with Crippen molar-refractivity contribution in [1.29, 1.82) is 0 Å². The van der Waals surface area contributed by atoms with Crippen LogP contribution in [0.5, 0.6) is 5.75 Å². The summed E-state index contributed by atoms with van der Waals surface area (Å²) in [5.41, 5.74) is 1.11. The molecule has 1 aromatic carbocycles. The molecule has 0 aliphatic rings. The Bertz CT molecular complexity index is 405. The molecule has 106 valence electrons. The molecular weight excluding hydrogens is 240 g/mol. The molecule has 1 atom stereocenters. The molecular formula is C15H24N2O2. The van der Waals surface area contributed by atoms with Gasteiger partial charge in [0.25, 0.3) is 0 Å². The standard InChI is InChI=1S/C15H24N2O2/c1-5-19-14-8-6-7-13(9-14)10-16-12(4)15(18)17-11(2)3/h6-9,11-12,16H,5,10H2,1-4H3,(H,17,18). The Morgan fingerprint density at radius 3 is 2.68 bits per heavy atom. The van der Waals surface area contributed by atoms with Crippen LogP contribution in [0, 0.1) is 0 Å². The van der Waals surface area contributed by atoms with Gasteiger partial charge in [-0.3, -0.25) is 4.79 Å². The molecule has 4 heteroatoms. The monoisotopic (exact) mass is 264 g/mol. The minimum absolute atomic E-state index is 0.0240. The SMILES string of the molecule is CCOc1cccc(CNC(C)C(=O)NC(C)C)c1. The van der Waals surface area contributed by atoms with Gasteiger partial charge in [0.1, 0.15) is 5.75 Å². The van der Waals surface area contributed by atoms with Crippen molar-refractivity contribution in [2.45, 2.75) is 46.3 Å². The van der Waals surface area contributed by atoms with Crippen molar-refractivity contribution in [2.75, 3.05) is 6.61 Å². The maximum Gasteiger partial charge on any atom is 0.237 e. The van der Waals surface area contributed by atoms with Gasteiger partial charge in [0.05, 0.1) is 12.6 Å². The van der Waals surface area contributed by atoms with E-state index in [9.17, 15) is 4.79 Å². The average molecular weight is 264 g/mol. The second-order valence-corrected chi connectivity index (χ2v) is 4.85. The third kappa shape index (κ3) is 5.75. The lowest BCUT2D eigenvalue weighted by molar-refractivity contribution is -0.123. The smallest absolute Gasteiger partial charge is 0.237 e. The zero-order valence-corrected chi connectivity index (χ0v) is 12.2. The number of ether oxygens (including phenoxy) is 1. The molecule has 1 unspecified atom stereocenters. The highest BCUT2D eigenvalue weighted by Gasteiger charge is 2.12. The van der Waals surface area contributed by atoms with Gasteiger partial charge in [0.15, 0.2) is 0 Å². The van der Waals surface area contributed by atoms with Crippen LogP contribution >= 0.6 is 0 Å². The summed E-state index contributed by atoms with van der Waals surface area (Å²) < 4.78 is 5.45. The van der Waals surface area contributed by atoms with Gasteiger partial charge in [0.2, 0.25) is 5.91 Å². The number of nitrogens with one attached hydrogen (secondary N) is 2. The number of rotatable bonds is 7. The maximum atomic E-state index is 11.7. The van der Waals surface area contributed by atoms with Gasteiger partial charge in [-0.25, -0.2) is 0 Å². The second-order valence-electron chi connectivity index (χ2n) is 4.85. The molecule has 0 aliphatic heterocycles. The van der Waals surface area contributed by atoms with E-state index in [1.165, 1.54) is 0 Å². The summed E-state index contributed by atoms with van der Waals surface area (Å²) in [5.74, 6) is 0.886. The van der Waals surface area contributed by atoms with Crippen molar-refractivity contribution in [1.82, 2.24) is 10.6 Å². The zero-order chi connectivity index (χ0) is 14.3. The fourth-order valence-electron chi connectivity index (χ4n) is 1.69. The quantitative estimate of drug-likeness (QED) is 0.793. The van der Waals surface area contributed by atoms with E-state index in [1.54, 1.807) is 0 Å². The number of benzene rings is 1. The minimum Gasteiger partial charge on any atom is -0.494 e. The molecule has 0 heterocycles. The third-order valence-electron chi connectivity index (χ3n) is 2.65. The van der Waals surface area contributed by atoms with Crippen LogP contribution in [0.1, 0.15) is 33.3 Å². The molecule has 4 nitrogen and oxygen atoms in total. The molecule has 1 amide bonds. The number of hydrogen-bond acceptors (Lipinski definition) is 3. The number of hydrogen-bond donors (Lipinski definition) is 2. The topological polar surface area (TPSA) is 50.4 Å². The fourth-order valence-corrected chi connectivity index (χ4v) is 1.69. The summed E-state index contributed by atoms with van der Waals surface area (Å²) in [6, 6.07) is 7.85. The molecule has 2 N–H and O–H groups in total. The number of carbonyl (C=O) groups is 1. The Hall–Kier alpha value is -1.55. The highest BCUT2D eigenvalue weighted by molar-refractivity contribution is 5.81. The lowest BCUT2D eigenvalue weighted by atomic mass is 10.2. The summed E-state index contributed by atoms with van der Waals surface area (Å²) in [6.07, 6.45) is 0. The van der Waals surface area contributed by atoms with Gasteiger partial charge in [-0.15, -0.1) is 0 Å². The van der Waals surface area contributed by atoms with E-state index in [4.69, 9.17) is 4.74 Å². The van der Waals surface area contributed by atoms with Gasteiger partial charge in [-0.1, -0.05) is 12.1 Å². The molecule has 19 heavy (non-hydrogen) atoms. The van der Waals surface area contributed by atoms with E-state index in [2.05, 4.69) is 10.6 Å². The van der Waals surface area contributed by atoms with Crippen LogP contribution in [0.15, 0.2) is 24.3 Å². The molecule has 1 rings (SSSR count). The summed E-state index contributed by atoms with van der Waals surface area (Å²) in [6.45, 7) is 9.04. The Labute approximate surface area is 115 Å². The summed E-state index contributed by atoms with van der Waals surface area (Å²) in [5, 5.41) is 6.09. The molecule has 0 radical (unpaired) electrons. The first-order chi connectivity index (χ1) is 9.02. The molecule has 0 bridgehead atoms. The van der Waals surface area contributed by atoms with E-state index >= 15 is 0 Å². The van der Waals surface area contributed by atoms with Crippen LogP contribution in [0.4, 0.5) is 0 Å². The summed E-state index contributed by atoms with van der Waals surface area (Å²) >= 11 is 0. The van der Waals surface area contributed by atoms with E-state index < -0.39 is 0 Å². The van der Waals surface area contributed by atoms with E-state index in [0.717, 1.165) is 11.3 Å². The van der Waals surface area contributed by atoms with Gasteiger partial charge in [0, 0.05) is 12.6 Å². The molecule has 1 aromatic rings. The lowest BCUT2D eigenvalue weighted by Crippen LogP contribution is -2.44. The van der Waals surface area contributed by atoms with Crippen LogP contribution < -0.4 is 15.4 Å². The van der Waals surface area contributed by atoms with Crippen LogP contribution in [-0.4, -0.2) is 24.6 Å². The van der Waals surface area contributed by atoms with Gasteiger partial charge in [-0.05, 0) is 45.4 Å². The molecule has 0 aliphatic carbocycles. The van der Waals surface area contributed by atoms with Crippen LogP contribution in [0.3, 0.4) is 0 Å². The highest BCUT2D eigenvalue weighted by atomic mass is 16.5. The van der Waals surface area contributed by atoms with Crippen molar-refractivity contribution in [3.8, 4) is 5.75 Å². The predicted octanol–water partition coefficient (Wildman–Crippen LogP) is 2.09. The van der Waals surface area contributed by atoms with E-state index in [0.29, 0.717) is 13.2 Å². The average Bonchev–Trinajstić information content (AvgIpc) is 2.36. The van der Waals surface area contributed by atoms with Gasteiger partial charge < -0.3 is 15.4 Å². The number of amides is 1. The first-order valence-corrected chi connectivity index (χ1v) is 6.78. The third-order valence-corrected chi connectivity index (χ3v) is 2.65. The maximum absolute atomic E-state index is 11.7. The molecule has 0 spiro atoms. The summed E-state index contributed by atoms with van der Waals surface area (Å²) in [4.78, 5) is 11.7. The van der Waals surface area contributed by atoms with Crippen molar-refractivity contribution >= 4 is 5.91 Å². The molecule has 0 saturated carbocycles. The molecule has 0 saturated heterocycles.